The molecule has 0 bridgehead atoms. The number of aromatic nitrogens is 1. The lowest BCUT2D eigenvalue weighted by molar-refractivity contribution is -0.137. The number of carboxylic acid groups (broad SMARTS) is 1. The fourth-order valence-electron chi connectivity index (χ4n) is 4.00. The summed E-state index contributed by atoms with van der Waals surface area (Å²) in [6, 6.07) is 6.49. The molecule has 24 heavy (non-hydrogen) atoms. The quantitative estimate of drug-likeness (QED) is 0.879. The van der Waals surface area contributed by atoms with Gasteiger partial charge in [0.25, 0.3) is 0 Å². The number of piperidine rings is 1. The largest absolute Gasteiger partial charge is 0.481 e. The van der Waals surface area contributed by atoms with Gasteiger partial charge in [-0.3, -0.25) is 9.69 Å². The molecule has 0 amide bonds. The first-order valence-corrected chi connectivity index (χ1v) is 8.94. The Balaban J connectivity index is 1.68. The molecule has 6 heteroatoms. The first-order valence-electron chi connectivity index (χ1n) is 8.94. The molecule has 2 aliphatic heterocycles. The number of likely N-dealkylation sites (N-methyl/N-ethyl adjacent to an activating group) is 1. The van der Waals surface area contributed by atoms with Gasteiger partial charge in [0.1, 0.15) is 5.82 Å². The van der Waals surface area contributed by atoms with Crippen molar-refractivity contribution in [1.29, 1.82) is 0 Å². The van der Waals surface area contributed by atoms with Crippen molar-refractivity contribution in [3.05, 3.63) is 24.4 Å². The fourth-order valence-corrected chi connectivity index (χ4v) is 4.00. The van der Waals surface area contributed by atoms with E-state index in [1.54, 1.807) is 0 Å². The Morgan fingerprint density at radius 3 is 2.71 bits per heavy atom. The van der Waals surface area contributed by atoms with Crippen LogP contribution < -0.4 is 4.90 Å². The fraction of sp³-hybridized carbons (Fsp3) is 0.667. The van der Waals surface area contributed by atoms with Crippen molar-refractivity contribution >= 4 is 11.8 Å². The standard InChI is InChI=1S/C18H28N4O2/c1-20-10-12-21(13-11-20)16-7-9-22(17-4-2-3-8-19-17)14-15(16)5-6-18(23)24/h2-4,8,15-16H,5-7,9-14H2,1H3,(H,23,24)/t15-,16+/m0/s1. The Morgan fingerprint density at radius 2 is 2.04 bits per heavy atom. The summed E-state index contributed by atoms with van der Waals surface area (Å²) >= 11 is 0. The van der Waals surface area contributed by atoms with Gasteiger partial charge in [0.2, 0.25) is 0 Å². The van der Waals surface area contributed by atoms with Gasteiger partial charge in [0, 0.05) is 57.9 Å². The molecule has 1 aromatic rings. The summed E-state index contributed by atoms with van der Waals surface area (Å²) in [7, 11) is 2.17. The Bertz CT molecular complexity index is 531. The first kappa shape index (κ1) is 17.2. The van der Waals surface area contributed by atoms with Crippen LogP contribution in [0.2, 0.25) is 0 Å². The van der Waals surface area contributed by atoms with Crippen molar-refractivity contribution in [2.45, 2.75) is 25.3 Å². The molecule has 0 aromatic carbocycles. The van der Waals surface area contributed by atoms with Gasteiger partial charge in [-0.1, -0.05) is 6.07 Å². The monoisotopic (exact) mass is 332 g/mol. The highest BCUT2D eigenvalue weighted by atomic mass is 16.4. The number of hydrogen-bond donors (Lipinski definition) is 1. The first-order chi connectivity index (χ1) is 11.6. The molecule has 3 heterocycles. The molecule has 0 spiro atoms. The Morgan fingerprint density at radius 1 is 1.25 bits per heavy atom. The van der Waals surface area contributed by atoms with E-state index in [1.807, 2.05) is 24.4 Å². The van der Waals surface area contributed by atoms with Crippen LogP contribution >= 0.6 is 0 Å². The molecule has 3 rings (SSSR count). The SMILES string of the molecule is CN1CCN([C@@H]2CCN(c3ccccn3)C[C@@H]2CCC(=O)O)CC1. The molecule has 2 atom stereocenters. The predicted molar refractivity (Wildman–Crippen MR) is 94.3 cm³/mol. The zero-order chi connectivity index (χ0) is 16.9. The summed E-state index contributed by atoms with van der Waals surface area (Å²) < 4.78 is 0. The van der Waals surface area contributed by atoms with Crippen LogP contribution in [0.5, 0.6) is 0 Å². The zero-order valence-corrected chi connectivity index (χ0v) is 14.5. The second kappa shape index (κ2) is 7.94. The van der Waals surface area contributed by atoms with E-state index in [9.17, 15) is 4.79 Å². The third-order valence-corrected chi connectivity index (χ3v) is 5.40. The number of anilines is 1. The van der Waals surface area contributed by atoms with Gasteiger partial charge in [-0.15, -0.1) is 0 Å². The molecular formula is C18H28N4O2. The van der Waals surface area contributed by atoms with E-state index >= 15 is 0 Å². The number of piperazine rings is 1. The molecule has 0 saturated carbocycles. The highest BCUT2D eigenvalue weighted by Crippen LogP contribution is 2.29. The van der Waals surface area contributed by atoms with Gasteiger partial charge in [0.05, 0.1) is 0 Å². The summed E-state index contributed by atoms with van der Waals surface area (Å²) in [5, 5.41) is 9.11. The maximum absolute atomic E-state index is 11.1. The van der Waals surface area contributed by atoms with Crippen molar-refractivity contribution in [1.82, 2.24) is 14.8 Å². The number of pyridine rings is 1. The van der Waals surface area contributed by atoms with Gasteiger partial charge >= 0.3 is 5.97 Å². The number of aliphatic carboxylic acids is 1. The Hall–Kier alpha value is -1.66. The van der Waals surface area contributed by atoms with Gasteiger partial charge in [-0.05, 0) is 37.9 Å². The van der Waals surface area contributed by atoms with E-state index in [1.165, 1.54) is 0 Å². The van der Waals surface area contributed by atoms with Crippen LogP contribution in [-0.2, 0) is 4.79 Å². The van der Waals surface area contributed by atoms with Crippen LogP contribution in [0.15, 0.2) is 24.4 Å². The smallest absolute Gasteiger partial charge is 0.303 e. The molecular weight excluding hydrogens is 304 g/mol. The molecule has 2 fully saturated rings. The van der Waals surface area contributed by atoms with Crippen molar-refractivity contribution in [2.75, 3.05) is 51.2 Å². The average Bonchev–Trinajstić information content (AvgIpc) is 2.61. The number of nitrogens with zero attached hydrogens (tertiary/aromatic N) is 4. The summed E-state index contributed by atoms with van der Waals surface area (Å²) in [5.41, 5.74) is 0. The average molecular weight is 332 g/mol. The Kier molecular flexibility index (Phi) is 5.68. The van der Waals surface area contributed by atoms with Crippen molar-refractivity contribution in [3.8, 4) is 0 Å². The van der Waals surface area contributed by atoms with Crippen molar-refractivity contribution in [2.24, 2.45) is 5.92 Å². The van der Waals surface area contributed by atoms with Gasteiger partial charge in [-0.25, -0.2) is 4.98 Å². The van der Waals surface area contributed by atoms with E-state index in [4.69, 9.17) is 5.11 Å². The number of hydrogen-bond acceptors (Lipinski definition) is 5. The normalized spacial score (nSPS) is 26.5. The number of rotatable bonds is 5. The van der Waals surface area contributed by atoms with Crippen LogP contribution in [0, 0.1) is 5.92 Å². The third-order valence-electron chi connectivity index (χ3n) is 5.40. The van der Waals surface area contributed by atoms with Crippen LogP contribution in [0.3, 0.4) is 0 Å². The maximum atomic E-state index is 11.1. The van der Waals surface area contributed by atoms with E-state index in [0.29, 0.717) is 12.0 Å². The molecule has 1 aromatic heterocycles. The lowest BCUT2D eigenvalue weighted by atomic mass is 9.86. The Labute approximate surface area is 144 Å². The zero-order valence-electron chi connectivity index (χ0n) is 14.5. The van der Waals surface area contributed by atoms with Crippen LogP contribution in [-0.4, -0.2) is 78.2 Å². The molecule has 0 aliphatic carbocycles. The molecule has 6 nitrogen and oxygen atoms in total. The summed E-state index contributed by atoms with van der Waals surface area (Å²) in [5.74, 6) is 0.706. The van der Waals surface area contributed by atoms with Gasteiger partial charge < -0.3 is 14.9 Å². The summed E-state index contributed by atoms with van der Waals surface area (Å²) in [6.45, 7) is 6.29. The minimum absolute atomic E-state index is 0.255. The molecule has 1 N–H and O–H groups in total. The second-order valence-electron chi connectivity index (χ2n) is 7.02. The molecule has 0 radical (unpaired) electrons. The molecule has 2 aliphatic rings. The summed E-state index contributed by atoms with van der Waals surface area (Å²) in [6.07, 6.45) is 3.92. The van der Waals surface area contributed by atoms with E-state index < -0.39 is 5.97 Å². The highest BCUT2D eigenvalue weighted by Gasteiger charge is 2.34. The highest BCUT2D eigenvalue weighted by molar-refractivity contribution is 5.66. The number of carbonyl (C=O) groups is 1. The number of carboxylic acids is 1. The molecule has 2 saturated heterocycles. The van der Waals surface area contributed by atoms with Crippen LogP contribution in [0.4, 0.5) is 5.82 Å². The predicted octanol–water partition coefficient (Wildman–Crippen LogP) is 1.39. The van der Waals surface area contributed by atoms with Crippen LogP contribution in [0.25, 0.3) is 0 Å². The minimum Gasteiger partial charge on any atom is -0.481 e. The lowest BCUT2D eigenvalue weighted by Crippen LogP contribution is -2.56. The van der Waals surface area contributed by atoms with Crippen molar-refractivity contribution in [3.63, 3.8) is 0 Å². The molecule has 132 valence electrons. The topological polar surface area (TPSA) is 59.9 Å². The van der Waals surface area contributed by atoms with E-state index in [0.717, 1.165) is 57.9 Å². The van der Waals surface area contributed by atoms with Gasteiger partial charge in [0.15, 0.2) is 0 Å². The third kappa shape index (κ3) is 4.24. The second-order valence-corrected chi connectivity index (χ2v) is 7.02. The maximum Gasteiger partial charge on any atom is 0.303 e. The van der Waals surface area contributed by atoms with E-state index in [2.05, 4.69) is 26.7 Å². The van der Waals surface area contributed by atoms with Crippen molar-refractivity contribution < 1.29 is 9.90 Å². The van der Waals surface area contributed by atoms with E-state index in [-0.39, 0.29) is 6.42 Å². The minimum atomic E-state index is -0.693. The van der Waals surface area contributed by atoms with Gasteiger partial charge in [-0.2, -0.15) is 0 Å². The lowest BCUT2D eigenvalue weighted by Gasteiger charge is -2.46. The molecule has 0 unspecified atom stereocenters. The summed E-state index contributed by atoms with van der Waals surface area (Å²) in [4.78, 5) is 22.8. The van der Waals surface area contributed by atoms with Crippen LogP contribution in [0.1, 0.15) is 19.3 Å².